The predicted molar refractivity (Wildman–Crippen MR) is 51.1 cm³/mol. The molecular formula is C5H8BrCl2N3. The summed E-state index contributed by atoms with van der Waals surface area (Å²) in [6.07, 6.45) is 0. The van der Waals surface area contributed by atoms with Gasteiger partial charge in [0.05, 0.1) is 10.2 Å². The lowest BCUT2D eigenvalue weighted by Gasteiger charge is -1.86. The molecule has 0 saturated carbocycles. The zero-order valence-corrected chi connectivity index (χ0v) is 9.00. The first-order valence-corrected chi connectivity index (χ1v) is 3.91. The second kappa shape index (κ2) is 4.30. The second-order valence-corrected chi connectivity index (χ2v) is 3.03. The molecule has 3 nitrogen and oxygen atoms in total. The van der Waals surface area contributed by atoms with Gasteiger partial charge in [-0.05, 0) is 15.9 Å². The zero-order chi connectivity index (χ0) is 7.72. The maximum absolute atomic E-state index is 5.78. The van der Waals surface area contributed by atoms with Crippen LogP contribution in [0.5, 0.6) is 0 Å². The van der Waals surface area contributed by atoms with Crippen molar-refractivity contribution in [2.75, 3.05) is 0 Å². The number of nitrogens with two attached hydrogens (primary N) is 1. The Balaban J connectivity index is 0.000001000. The van der Waals surface area contributed by atoms with Crippen LogP contribution in [0.3, 0.4) is 0 Å². The van der Waals surface area contributed by atoms with Crippen molar-refractivity contribution in [2.24, 2.45) is 12.8 Å². The predicted octanol–water partition coefficient (Wildman–Crippen LogP) is 1.72. The van der Waals surface area contributed by atoms with E-state index in [0.29, 0.717) is 11.7 Å². The Morgan fingerprint density at radius 1 is 1.73 bits per heavy atom. The fourth-order valence-corrected chi connectivity index (χ4v) is 1.31. The van der Waals surface area contributed by atoms with Gasteiger partial charge in [0.1, 0.15) is 5.15 Å². The second-order valence-electron chi connectivity index (χ2n) is 1.88. The summed E-state index contributed by atoms with van der Waals surface area (Å²) in [5.74, 6) is 0. The molecule has 0 unspecified atom stereocenters. The third-order valence-corrected chi connectivity index (χ3v) is 2.68. The highest BCUT2D eigenvalue weighted by atomic mass is 79.9. The first-order valence-electron chi connectivity index (χ1n) is 2.73. The molecule has 1 heterocycles. The number of aromatic nitrogens is 2. The zero-order valence-electron chi connectivity index (χ0n) is 5.84. The van der Waals surface area contributed by atoms with Gasteiger partial charge in [-0.2, -0.15) is 5.10 Å². The van der Waals surface area contributed by atoms with Crippen molar-refractivity contribution in [3.8, 4) is 0 Å². The average Bonchev–Trinajstić information content (AvgIpc) is 2.17. The van der Waals surface area contributed by atoms with E-state index < -0.39 is 0 Å². The normalized spacial score (nSPS) is 9.45. The van der Waals surface area contributed by atoms with Crippen LogP contribution in [0.2, 0.25) is 5.15 Å². The highest BCUT2D eigenvalue weighted by Gasteiger charge is 2.08. The van der Waals surface area contributed by atoms with Gasteiger partial charge in [-0.1, -0.05) is 11.6 Å². The van der Waals surface area contributed by atoms with E-state index in [1.165, 1.54) is 0 Å². The van der Waals surface area contributed by atoms with E-state index in [2.05, 4.69) is 21.0 Å². The Kier molecular flexibility index (Phi) is 4.39. The van der Waals surface area contributed by atoms with Crippen LogP contribution in [0.25, 0.3) is 0 Å². The molecule has 0 spiro atoms. The summed E-state index contributed by atoms with van der Waals surface area (Å²) in [7, 11) is 1.77. The van der Waals surface area contributed by atoms with Crippen LogP contribution < -0.4 is 5.73 Å². The molecule has 2 N–H and O–H groups in total. The molecule has 0 amide bonds. The van der Waals surface area contributed by atoms with Crippen LogP contribution in [0.1, 0.15) is 5.69 Å². The summed E-state index contributed by atoms with van der Waals surface area (Å²) < 4.78 is 2.37. The minimum atomic E-state index is 0. The molecule has 0 bridgehead atoms. The van der Waals surface area contributed by atoms with Gasteiger partial charge in [-0.3, -0.25) is 4.68 Å². The third-order valence-electron chi connectivity index (χ3n) is 1.18. The quantitative estimate of drug-likeness (QED) is 0.836. The summed E-state index contributed by atoms with van der Waals surface area (Å²) in [5.41, 5.74) is 6.15. The molecule has 0 aromatic carbocycles. The number of nitrogens with zero attached hydrogens (tertiary/aromatic N) is 2. The van der Waals surface area contributed by atoms with Crippen LogP contribution in [0.4, 0.5) is 0 Å². The molecule has 0 aliphatic rings. The lowest BCUT2D eigenvalue weighted by atomic mass is 10.4. The summed E-state index contributed by atoms with van der Waals surface area (Å²) in [6, 6.07) is 0. The summed E-state index contributed by atoms with van der Waals surface area (Å²) in [6.45, 7) is 0.404. The molecule has 1 aromatic heterocycles. The van der Waals surface area contributed by atoms with E-state index in [4.69, 9.17) is 17.3 Å². The van der Waals surface area contributed by atoms with E-state index in [-0.39, 0.29) is 12.4 Å². The standard InChI is InChI=1S/C5H7BrClN3.ClH/c1-10-5(7)4(6)3(2-8)9-10;/h2,8H2,1H3;1H. The Labute approximate surface area is 84.4 Å². The molecule has 0 aliphatic carbocycles. The molecule has 6 heteroatoms. The number of halogens is 3. The lowest BCUT2D eigenvalue weighted by molar-refractivity contribution is 0.743. The fourth-order valence-electron chi connectivity index (χ4n) is 0.660. The van der Waals surface area contributed by atoms with Crippen molar-refractivity contribution in [2.45, 2.75) is 6.54 Å². The Hall–Kier alpha value is 0.230. The van der Waals surface area contributed by atoms with Gasteiger partial charge in [0.25, 0.3) is 0 Å². The summed E-state index contributed by atoms with van der Waals surface area (Å²) >= 11 is 9.04. The van der Waals surface area contributed by atoms with Crippen LogP contribution >= 0.6 is 39.9 Å². The number of rotatable bonds is 1. The summed E-state index contributed by atoms with van der Waals surface area (Å²) in [4.78, 5) is 0. The summed E-state index contributed by atoms with van der Waals surface area (Å²) in [5, 5.41) is 4.62. The highest BCUT2D eigenvalue weighted by Crippen LogP contribution is 2.24. The lowest BCUT2D eigenvalue weighted by Crippen LogP contribution is -1.98. The van der Waals surface area contributed by atoms with Crippen molar-refractivity contribution >= 4 is 39.9 Å². The van der Waals surface area contributed by atoms with Gasteiger partial charge in [0, 0.05) is 13.6 Å². The highest BCUT2D eigenvalue weighted by molar-refractivity contribution is 9.10. The van der Waals surface area contributed by atoms with E-state index >= 15 is 0 Å². The molecule has 1 aromatic rings. The Morgan fingerprint density at radius 2 is 2.27 bits per heavy atom. The van der Waals surface area contributed by atoms with Crippen LogP contribution in [-0.2, 0) is 13.6 Å². The number of aryl methyl sites for hydroxylation is 1. The molecule has 0 fully saturated rings. The van der Waals surface area contributed by atoms with E-state index in [1.807, 2.05) is 0 Å². The van der Waals surface area contributed by atoms with Gasteiger partial charge in [0.15, 0.2) is 0 Å². The van der Waals surface area contributed by atoms with Crippen LogP contribution in [-0.4, -0.2) is 9.78 Å². The Morgan fingerprint density at radius 3 is 2.45 bits per heavy atom. The number of hydrogen-bond acceptors (Lipinski definition) is 2. The van der Waals surface area contributed by atoms with Gasteiger partial charge >= 0.3 is 0 Å². The maximum Gasteiger partial charge on any atom is 0.141 e. The van der Waals surface area contributed by atoms with Crippen molar-refractivity contribution in [1.82, 2.24) is 9.78 Å². The minimum Gasteiger partial charge on any atom is -0.325 e. The first kappa shape index (κ1) is 11.2. The van der Waals surface area contributed by atoms with E-state index in [1.54, 1.807) is 11.7 Å². The molecule has 0 saturated heterocycles. The molecular weight excluding hydrogens is 253 g/mol. The fraction of sp³-hybridized carbons (Fsp3) is 0.400. The largest absolute Gasteiger partial charge is 0.325 e. The molecule has 1 rings (SSSR count). The van der Waals surface area contributed by atoms with Gasteiger partial charge in [0.2, 0.25) is 0 Å². The molecule has 0 radical (unpaired) electrons. The average molecular weight is 261 g/mol. The van der Waals surface area contributed by atoms with Crippen LogP contribution in [0.15, 0.2) is 4.47 Å². The van der Waals surface area contributed by atoms with Gasteiger partial charge < -0.3 is 5.73 Å². The Bertz CT molecular complexity index is 248. The molecule has 0 atom stereocenters. The maximum atomic E-state index is 5.78. The minimum absolute atomic E-state index is 0. The topological polar surface area (TPSA) is 43.8 Å². The smallest absolute Gasteiger partial charge is 0.141 e. The number of hydrogen-bond donors (Lipinski definition) is 1. The van der Waals surface area contributed by atoms with Crippen LogP contribution in [0, 0.1) is 0 Å². The molecule has 11 heavy (non-hydrogen) atoms. The monoisotopic (exact) mass is 259 g/mol. The van der Waals surface area contributed by atoms with Crippen molar-refractivity contribution in [1.29, 1.82) is 0 Å². The first-order chi connectivity index (χ1) is 4.66. The molecule has 64 valence electrons. The van der Waals surface area contributed by atoms with Crippen molar-refractivity contribution in [3.63, 3.8) is 0 Å². The van der Waals surface area contributed by atoms with E-state index in [0.717, 1.165) is 10.2 Å². The SMILES string of the molecule is Cl.Cn1nc(CN)c(Br)c1Cl. The van der Waals surface area contributed by atoms with E-state index in [9.17, 15) is 0 Å². The third kappa shape index (κ3) is 2.08. The van der Waals surface area contributed by atoms with Gasteiger partial charge in [-0.25, -0.2) is 0 Å². The van der Waals surface area contributed by atoms with Gasteiger partial charge in [-0.15, -0.1) is 12.4 Å². The van der Waals surface area contributed by atoms with Crippen molar-refractivity contribution in [3.05, 3.63) is 15.3 Å². The molecule has 0 aliphatic heterocycles. The van der Waals surface area contributed by atoms with Crippen molar-refractivity contribution < 1.29 is 0 Å².